The number of hydrogen-bond acceptors (Lipinski definition) is 7. The van der Waals surface area contributed by atoms with Crippen molar-refractivity contribution in [2.45, 2.75) is 6.92 Å². The molecule has 11 nitrogen and oxygen atoms in total. The Bertz CT molecular complexity index is 988. The van der Waals surface area contributed by atoms with Gasteiger partial charge in [0.05, 0.1) is 0 Å². The molecule has 0 aliphatic carbocycles. The first-order chi connectivity index (χ1) is 11.7. The number of ether oxygens (including phenoxy) is 1. The van der Waals surface area contributed by atoms with Gasteiger partial charge in [0.15, 0.2) is 5.56 Å². The van der Waals surface area contributed by atoms with Gasteiger partial charge < -0.3 is 20.3 Å². The lowest BCUT2D eigenvalue weighted by molar-refractivity contribution is -0.131. The highest BCUT2D eigenvalue weighted by molar-refractivity contribution is 6.06. The molecular weight excluding hydrogens is 338 g/mol. The Morgan fingerprint density at radius 1 is 1.16 bits per heavy atom. The van der Waals surface area contributed by atoms with Crippen LogP contribution in [0.4, 0.5) is 5.69 Å². The highest BCUT2D eigenvalue weighted by Gasteiger charge is 2.19. The predicted molar refractivity (Wildman–Crippen MR) is 82.0 cm³/mol. The molecule has 1 heterocycles. The third-order valence-electron chi connectivity index (χ3n) is 2.87. The SMILES string of the molecule is CC(=O)Oc1ccc(NC(=O)c2c(O)[nH]c(=O)[nH]c2=O)cc1C(=O)O. The van der Waals surface area contributed by atoms with Gasteiger partial charge in [0.2, 0.25) is 5.88 Å². The van der Waals surface area contributed by atoms with Crippen molar-refractivity contribution in [2.24, 2.45) is 0 Å². The molecule has 0 bridgehead atoms. The normalized spacial score (nSPS) is 10.1. The second-order valence-electron chi connectivity index (χ2n) is 4.70. The van der Waals surface area contributed by atoms with E-state index in [9.17, 15) is 29.1 Å². The lowest BCUT2D eigenvalue weighted by Crippen LogP contribution is -2.30. The molecule has 0 radical (unpaired) electrons. The van der Waals surface area contributed by atoms with Crippen LogP contribution >= 0.6 is 0 Å². The van der Waals surface area contributed by atoms with E-state index in [1.165, 1.54) is 6.07 Å². The molecule has 0 atom stereocenters. The Labute approximate surface area is 137 Å². The molecule has 0 fully saturated rings. The fourth-order valence-electron chi connectivity index (χ4n) is 1.90. The Balaban J connectivity index is 2.38. The summed E-state index contributed by atoms with van der Waals surface area (Å²) in [6.45, 7) is 1.09. The molecule has 0 aliphatic heterocycles. The zero-order valence-corrected chi connectivity index (χ0v) is 12.6. The van der Waals surface area contributed by atoms with Gasteiger partial charge >= 0.3 is 17.6 Å². The van der Waals surface area contributed by atoms with Gasteiger partial charge in [-0.1, -0.05) is 0 Å². The van der Waals surface area contributed by atoms with E-state index in [1.807, 2.05) is 4.98 Å². The van der Waals surface area contributed by atoms with Crippen LogP contribution in [0.5, 0.6) is 11.6 Å². The lowest BCUT2D eigenvalue weighted by atomic mass is 10.1. The largest absolute Gasteiger partial charge is 0.494 e. The third-order valence-corrected chi connectivity index (χ3v) is 2.87. The average Bonchev–Trinajstić information content (AvgIpc) is 2.46. The van der Waals surface area contributed by atoms with E-state index in [4.69, 9.17) is 9.84 Å². The van der Waals surface area contributed by atoms with Crippen molar-refractivity contribution in [3.8, 4) is 11.6 Å². The maximum atomic E-state index is 12.1. The molecule has 11 heteroatoms. The molecule has 0 saturated carbocycles. The standard InChI is InChI=1S/C14H11N3O8/c1-5(18)25-8-3-2-6(4-7(8)13(22)23)15-10(19)9-11(20)16-14(24)17-12(9)21/h2-4H,1H3,(H,15,19)(H,22,23)(H3,16,17,20,21,24). The van der Waals surface area contributed by atoms with Gasteiger partial charge in [0.25, 0.3) is 11.5 Å². The summed E-state index contributed by atoms with van der Waals surface area (Å²) in [6.07, 6.45) is 0. The molecule has 1 aromatic heterocycles. The van der Waals surface area contributed by atoms with Crippen LogP contribution in [0.25, 0.3) is 0 Å². The number of aromatic amines is 2. The number of benzene rings is 1. The number of carbonyl (C=O) groups excluding carboxylic acids is 2. The molecule has 25 heavy (non-hydrogen) atoms. The summed E-state index contributed by atoms with van der Waals surface area (Å²) in [6, 6.07) is 3.35. The van der Waals surface area contributed by atoms with Crippen molar-refractivity contribution in [3.05, 3.63) is 50.2 Å². The maximum absolute atomic E-state index is 12.1. The fourth-order valence-corrected chi connectivity index (χ4v) is 1.90. The van der Waals surface area contributed by atoms with Gasteiger partial charge in [-0.3, -0.25) is 24.4 Å². The Hall–Kier alpha value is -3.89. The number of anilines is 1. The highest BCUT2D eigenvalue weighted by Crippen LogP contribution is 2.24. The number of carbonyl (C=O) groups is 3. The van der Waals surface area contributed by atoms with Crippen LogP contribution in [0.3, 0.4) is 0 Å². The Morgan fingerprint density at radius 3 is 2.40 bits per heavy atom. The Kier molecular flexibility index (Phi) is 4.68. The van der Waals surface area contributed by atoms with Crippen LogP contribution in [-0.2, 0) is 4.79 Å². The molecule has 130 valence electrons. The van der Waals surface area contributed by atoms with Gasteiger partial charge in [-0.05, 0) is 18.2 Å². The number of rotatable bonds is 4. The first-order valence-corrected chi connectivity index (χ1v) is 6.61. The van der Waals surface area contributed by atoms with Crippen LogP contribution in [0, 0.1) is 0 Å². The van der Waals surface area contributed by atoms with Crippen LogP contribution in [0.1, 0.15) is 27.6 Å². The molecule has 0 saturated heterocycles. The first-order valence-electron chi connectivity index (χ1n) is 6.61. The number of H-pyrrole nitrogens is 2. The monoisotopic (exact) mass is 349 g/mol. The minimum atomic E-state index is -1.42. The van der Waals surface area contributed by atoms with Gasteiger partial charge in [0.1, 0.15) is 11.3 Å². The summed E-state index contributed by atoms with van der Waals surface area (Å²) in [5.74, 6) is -4.42. The van der Waals surface area contributed by atoms with Crippen molar-refractivity contribution < 1.29 is 29.3 Å². The minimum Gasteiger partial charge on any atom is -0.494 e. The van der Waals surface area contributed by atoms with Gasteiger partial charge in [-0.25, -0.2) is 9.59 Å². The van der Waals surface area contributed by atoms with Crippen molar-refractivity contribution in [3.63, 3.8) is 0 Å². The second-order valence-corrected chi connectivity index (χ2v) is 4.70. The van der Waals surface area contributed by atoms with Crippen molar-refractivity contribution in [2.75, 3.05) is 5.32 Å². The van der Waals surface area contributed by atoms with E-state index in [0.29, 0.717) is 0 Å². The van der Waals surface area contributed by atoms with E-state index in [1.54, 1.807) is 4.98 Å². The predicted octanol–water partition coefficient (Wildman–Crippen LogP) is -0.355. The number of aromatic carboxylic acids is 1. The molecule has 1 amide bonds. The van der Waals surface area contributed by atoms with E-state index < -0.39 is 46.1 Å². The van der Waals surface area contributed by atoms with Crippen molar-refractivity contribution in [1.82, 2.24) is 9.97 Å². The quantitative estimate of drug-likeness (QED) is 0.367. The minimum absolute atomic E-state index is 0.0525. The highest BCUT2D eigenvalue weighted by atomic mass is 16.5. The van der Waals surface area contributed by atoms with Crippen molar-refractivity contribution in [1.29, 1.82) is 0 Å². The van der Waals surface area contributed by atoms with Gasteiger partial charge in [-0.2, -0.15) is 0 Å². The van der Waals surface area contributed by atoms with E-state index >= 15 is 0 Å². The number of nitrogens with one attached hydrogen (secondary N) is 3. The summed E-state index contributed by atoms with van der Waals surface area (Å²) in [5, 5.41) is 20.8. The van der Waals surface area contributed by atoms with Crippen LogP contribution in [0.2, 0.25) is 0 Å². The van der Waals surface area contributed by atoms with Crippen molar-refractivity contribution >= 4 is 23.5 Å². The van der Waals surface area contributed by atoms with Gasteiger partial charge in [0, 0.05) is 12.6 Å². The van der Waals surface area contributed by atoms with E-state index in [0.717, 1.165) is 19.1 Å². The van der Waals surface area contributed by atoms with Crippen LogP contribution in [-0.4, -0.2) is 38.0 Å². The molecule has 0 unspecified atom stereocenters. The fraction of sp³-hybridized carbons (Fsp3) is 0.0714. The number of hydrogen-bond donors (Lipinski definition) is 5. The van der Waals surface area contributed by atoms with Crippen LogP contribution < -0.4 is 21.3 Å². The molecular formula is C14H11N3O8. The lowest BCUT2D eigenvalue weighted by Gasteiger charge is -2.09. The number of aromatic hydroxyl groups is 1. The molecule has 2 aromatic rings. The zero-order valence-electron chi connectivity index (χ0n) is 12.6. The summed E-state index contributed by atoms with van der Waals surface area (Å²) < 4.78 is 4.74. The second kappa shape index (κ2) is 6.70. The number of amides is 1. The molecule has 1 aromatic carbocycles. The van der Waals surface area contributed by atoms with E-state index in [-0.39, 0.29) is 11.4 Å². The summed E-state index contributed by atoms with van der Waals surface area (Å²) in [7, 11) is 0. The molecule has 0 spiro atoms. The molecule has 2 rings (SSSR count). The Morgan fingerprint density at radius 2 is 1.84 bits per heavy atom. The topological polar surface area (TPSA) is 179 Å². The van der Waals surface area contributed by atoms with Crippen LogP contribution in [0.15, 0.2) is 27.8 Å². The maximum Gasteiger partial charge on any atom is 0.339 e. The van der Waals surface area contributed by atoms with E-state index in [2.05, 4.69) is 5.32 Å². The first kappa shape index (κ1) is 17.5. The third kappa shape index (κ3) is 3.90. The van der Waals surface area contributed by atoms with Gasteiger partial charge in [-0.15, -0.1) is 0 Å². The smallest absolute Gasteiger partial charge is 0.339 e. The summed E-state index contributed by atoms with van der Waals surface area (Å²) in [4.78, 5) is 60.4. The summed E-state index contributed by atoms with van der Waals surface area (Å²) in [5.41, 5.74) is -3.36. The number of aromatic nitrogens is 2. The molecule has 0 aliphatic rings. The summed E-state index contributed by atoms with van der Waals surface area (Å²) >= 11 is 0. The number of carboxylic acids is 1. The average molecular weight is 349 g/mol. The number of esters is 1. The molecule has 5 N–H and O–H groups in total. The zero-order chi connectivity index (χ0) is 18.7. The number of carboxylic acid groups (broad SMARTS) is 1.